The number of esters is 1. The average Bonchev–Trinajstić information content (AvgIpc) is 2.32. The van der Waals surface area contributed by atoms with Gasteiger partial charge in [0.2, 0.25) is 0 Å². The summed E-state index contributed by atoms with van der Waals surface area (Å²) in [6, 6.07) is 5.25. The fourth-order valence-electron chi connectivity index (χ4n) is 1.52. The van der Waals surface area contributed by atoms with Crippen LogP contribution in [0.25, 0.3) is 0 Å². The zero-order chi connectivity index (χ0) is 13.8. The van der Waals surface area contributed by atoms with E-state index in [4.69, 9.17) is 10.5 Å². The first-order valence-corrected chi connectivity index (χ1v) is 6.25. The number of nitrogen functional groups attached to an aromatic ring is 1. The second kappa shape index (κ2) is 5.76. The zero-order valence-corrected chi connectivity index (χ0v) is 11.5. The summed E-state index contributed by atoms with van der Waals surface area (Å²) in [5, 5.41) is 3.32. The van der Waals surface area contributed by atoms with E-state index in [2.05, 4.69) is 26.1 Å². The SMILES string of the molecule is CCOC(=O)c1cccc(N)c1NC(C)(C)CC. The number of hydrogen-bond acceptors (Lipinski definition) is 4. The van der Waals surface area contributed by atoms with Crippen molar-refractivity contribution in [3.8, 4) is 0 Å². The summed E-state index contributed by atoms with van der Waals surface area (Å²) in [5.74, 6) is -0.348. The number of nitrogens with two attached hydrogens (primary N) is 1. The summed E-state index contributed by atoms with van der Waals surface area (Å²) in [6.07, 6.45) is 0.920. The lowest BCUT2D eigenvalue weighted by atomic mass is 10.00. The molecule has 0 heterocycles. The molecule has 0 saturated heterocycles. The number of anilines is 2. The van der Waals surface area contributed by atoms with Gasteiger partial charge in [-0.25, -0.2) is 4.79 Å². The van der Waals surface area contributed by atoms with Gasteiger partial charge >= 0.3 is 5.97 Å². The molecule has 1 aromatic rings. The van der Waals surface area contributed by atoms with Gasteiger partial charge in [0.25, 0.3) is 0 Å². The minimum atomic E-state index is -0.348. The predicted octanol–water partition coefficient (Wildman–Crippen LogP) is 3.05. The molecule has 0 amide bonds. The Morgan fingerprint density at radius 1 is 1.39 bits per heavy atom. The van der Waals surface area contributed by atoms with Gasteiger partial charge in [0, 0.05) is 5.54 Å². The molecule has 0 aliphatic heterocycles. The van der Waals surface area contributed by atoms with Crippen LogP contribution >= 0.6 is 0 Å². The maximum absolute atomic E-state index is 11.9. The molecule has 18 heavy (non-hydrogen) atoms. The Kier molecular flexibility index (Phi) is 4.59. The van der Waals surface area contributed by atoms with Crippen LogP contribution in [0.5, 0.6) is 0 Å². The molecule has 0 fully saturated rings. The van der Waals surface area contributed by atoms with Gasteiger partial charge < -0.3 is 15.8 Å². The molecular weight excluding hydrogens is 228 g/mol. The molecule has 0 spiro atoms. The molecule has 0 aromatic heterocycles. The Bertz CT molecular complexity index is 428. The van der Waals surface area contributed by atoms with Gasteiger partial charge in [0.05, 0.1) is 23.5 Å². The van der Waals surface area contributed by atoms with E-state index in [0.29, 0.717) is 23.5 Å². The maximum atomic E-state index is 11.9. The Hall–Kier alpha value is -1.71. The van der Waals surface area contributed by atoms with Gasteiger partial charge in [0.15, 0.2) is 0 Å². The van der Waals surface area contributed by atoms with E-state index < -0.39 is 0 Å². The van der Waals surface area contributed by atoms with Crippen LogP contribution in [0.1, 0.15) is 44.5 Å². The first kappa shape index (κ1) is 14.4. The third-order valence-corrected chi connectivity index (χ3v) is 2.94. The molecule has 4 heteroatoms. The summed E-state index contributed by atoms with van der Waals surface area (Å²) in [4.78, 5) is 11.9. The molecule has 0 aliphatic rings. The maximum Gasteiger partial charge on any atom is 0.340 e. The molecule has 0 atom stereocenters. The number of benzene rings is 1. The van der Waals surface area contributed by atoms with Gasteiger partial charge in [-0.2, -0.15) is 0 Å². The van der Waals surface area contributed by atoms with Crippen LogP contribution in [-0.2, 0) is 4.74 Å². The number of nitrogens with one attached hydrogen (secondary N) is 1. The first-order valence-electron chi connectivity index (χ1n) is 6.25. The van der Waals surface area contributed by atoms with Crippen LogP contribution in [-0.4, -0.2) is 18.1 Å². The van der Waals surface area contributed by atoms with Crippen LogP contribution in [0.15, 0.2) is 18.2 Å². The quantitative estimate of drug-likeness (QED) is 0.622. The van der Waals surface area contributed by atoms with Crippen molar-refractivity contribution >= 4 is 17.3 Å². The molecule has 0 bridgehead atoms. The van der Waals surface area contributed by atoms with Crippen molar-refractivity contribution in [2.45, 2.75) is 39.7 Å². The highest BCUT2D eigenvalue weighted by Crippen LogP contribution is 2.28. The Morgan fingerprint density at radius 2 is 2.06 bits per heavy atom. The van der Waals surface area contributed by atoms with Crippen molar-refractivity contribution in [2.75, 3.05) is 17.7 Å². The lowest BCUT2D eigenvalue weighted by Gasteiger charge is -2.28. The van der Waals surface area contributed by atoms with Gasteiger partial charge in [-0.15, -0.1) is 0 Å². The monoisotopic (exact) mass is 250 g/mol. The summed E-state index contributed by atoms with van der Waals surface area (Å²) >= 11 is 0. The largest absolute Gasteiger partial charge is 0.462 e. The number of carbonyl (C=O) groups excluding carboxylic acids is 1. The fourth-order valence-corrected chi connectivity index (χ4v) is 1.52. The highest BCUT2D eigenvalue weighted by Gasteiger charge is 2.21. The third kappa shape index (κ3) is 3.39. The van der Waals surface area contributed by atoms with E-state index in [-0.39, 0.29) is 11.5 Å². The second-order valence-corrected chi connectivity index (χ2v) is 4.85. The molecule has 0 aliphatic carbocycles. The van der Waals surface area contributed by atoms with Crippen LogP contribution in [0, 0.1) is 0 Å². The number of para-hydroxylation sites is 1. The highest BCUT2D eigenvalue weighted by molar-refractivity contribution is 5.99. The average molecular weight is 250 g/mol. The van der Waals surface area contributed by atoms with E-state index in [1.807, 2.05) is 0 Å². The van der Waals surface area contributed by atoms with Crippen LogP contribution in [0.3, 0.4) is 0 Å². The minimum absolute atomic E-state index is 0.128. The number of ether oxygens (including phenoxy) is 1. The topological polar surface area (TPSA) is 64.3 Å². The van der Waals surface area contributed by atoms with Crippen molar-refractivity contribution in [1.82, 2.24) is 0 Å². The van der Waals surface area contributed by atoms with Crippen molar-refractivity contribution < 1.29 is 9.53 Å². The van der Waals surface area contributed by atoms with E-state index in [0.717, 1.165) is 6.42 Å². The van der Waals surface area contributed by atoms with E-state index in [9.17, 15) is 4.79 Å². The number of hydrogen-bond donors (Lipinski definition) is 2. The summed E-state index contributed by atoms with van der Waals surface area (Å²) in [7, 11) is 0. The number of rotatable bonds is 5. The second-order valence-electron chi connectivity index (χ2n) is 4.85. The van der Waals surface area contributed by atoms with E-state index in [1.165, 1.54) is 0 Å². The summed E-state index contributed by atoms with van der Waals surface area (Å²) in [6.45, 7) is 8.34. The van der Waals surface area contributed by atoms with Crippen LogP contribution in [0.4, 0.5) is 11.4 Å². The normalized spacial score (nSPS) is 11.1. The van der Waals surface area contributed by atoms with Gasteiger partial charge in [0.1, 0.15) is 0 Å². The van der Waals surface area contributed by atoms with Crippen molar-refractivity contribution in [2.24, 2.45) is 0 Å². The zero-order valence-electron chi connectivity index (χ0n) is 11.5. The lowest BCUT2D eigenvalue weighted by Crippen LogP contribution is -2.31. The Labute approximate surface area is 109 Å². The van der Waals surface area contributed by atoms with Crippen molar-refractivity contribution in [3.63, 3.8) is 0 Å². The van der Waals surface area contributed by atoms with Gasteiger partial charge in [-0.3, -0.25) is 0 Å². The minimum Gasteiger partial charge on any atom is -0.462 e. The molecule has 1 aromatic carbocycles. The molecule has 4 nitrogen and oxygen atoms in total. The standard InChI is InChI=1S/C14H22N2O2/c1-5-14(3,4)16-12-10(13(17)18-6-2)8-7-9-11(12)15/h7-9,16H,5-6,15H2,1-4H3. The van der Waals surface area contributed by atoms with Crippen molar-refractivity contribution in [1.29, 1.82) is 0 Å². The Morgan fingerprint density at radius 3 is 2.61 bits per heavy atom. The summed E-state index contributed by atoms with van der Waals surface area (Å²) in [5.41, 5.74) is 7.52. The van der Waals surface area contributed by atoms with Crippen molar-refractivity contribution in [3.05, 3.63) is 23.8 Å². The first-order chi connectivity index (χ1) is 8.41. The lowest BCUT2D eigenvalue weighted by molar-refractivity contribution is 0.0527. The van der Waals surface area contributed by atoms with E-state index >= 15 is 0 Å². The molecule has 1 rings (SSSR count). The molecule has 0 radical (unpaired) electrons. The third-order valence-electron chi connectivity index (χ3n) is 2.94. The van der Waals surface area contributed by atoms with Crippen LogP contribution < -0.4 is 11.1 Å². The predicted molar refractivity (Wildman–Crippen MR) is 74.8 cm³/mol. The molecule has 0 saturated carbocycles. The molecular formula is C14H22N2O2. The van der Waals surface area contributed by atoms with E-state index in [1.54, 1.807) is 25.1 Å². The van der Waals surface area contributed by atoms with Crippen LogP contribution in [0.2, 0.25) is 0 Å². The van der Waals surface area contributed by atoms with Gasteiger partial charge in [-0.1, -0.05) is 13.0 Å². The summed E-state index contributed by atoms with van der Waals surface area (Å²) < 4.78 is 5.04. The molecule has 100 valence electrons. The Balaban J connectivity index is 3.12. The molecule has 0 unspecified atom stereocenters. The fraction of sp³-hybridized carbons (Fsp3) is 0.500. The number of carbonyl (C=O) groups is 1. The highest BCUT2D eigenvalue weighted by atomic mass is 16.5. The smallest absolute Gasteiger partial charge is 0.340 e. The van der Waals surface area contributed by atoms with Gasteiger partial charge in [-0.05, 0) is 39.3 Å². The molecule has 3 N–H and O–H groups in total.